The molecule has 0 amide bonds. The molecule has 0 atom stereocenters. The molecule has 1 heteroatoms. The van der Waals surface area contributed by atoms with E-state index in [9.17, 15) is 0 Å². The van der Waals surface area contributed by atoms with Gasteiger partial charge in [0.25, 0.3) is 0 Å². The smallest absolute Gasteiger partial charge is 0.0789 e. The maximum Gasteiger partial charge on any atom is 0.0789 e. The van der Waals surface area contributed by atoms with E-state index < -0.39 is 0 Å². The van der Waals surface area contributed by atoms with Crippen LogP contribution in [0.15, 0.2) is 47.5 Å². The minimum absolute atomic E-state index is 0.256. The van der Waals surface area contributed by atoms with E-state index in [-0.39, 0.29) is 5.41 Å². The van der Waals surface area contributed by atoms with Gasteiger partial charge in [0, 0.05) is 16.5 Å². The predicted molar refractivity (Wildman–Crippen MR) is 122 cm³/mol. The normalized spacial score (nSPS) is 13.5. The summed E-state index contributed by atoms with van der Waals surface area (Å²) in [7, 11) is 0. The molecule has 0 bridgehead atoms. The highest BCUT2D eigenvalue weighted by molar-refractivity contribution is 6.26. The van der Waals surface area contributed by atoms with E-state index in [1.165, 1.54) is 44.2 Å². The van der Waals surface area contributed by atoms with Crippen LogP contribution in [0.1, 0.15) is 73.9 Å². The van der Waals surface area contributed by atoms with Gasteiger partial charge in [-0.05, 0) is 72.4 Å². The van der Waals surface area contributed by atoms with E-state index in [2.05, 4.69) is 90.9 Å². The topological polar surface area (TPSA) is 12.4 Å². The van der Waals surface area contributed by atoms with Crippen molar-refractivity contribution in [1.29, 1.82) is 0 Å². The molecule has 0 unspecified atom stereocenters. The van der Waals surface area contributed by atoms with Crippen LogP contribution in [-0.2, 0) is 6.42 Å². The van der Waals surface area contributed by atoms with Crippen molar-refractivity contribution in [2.75, 3.05) is 0 Å². The molecule has 1 nitrogen and oxygen atoms in total. The number of benzene rings is 3. The molecule has 4 rings (SSSR count). The molecule has 0 saturated carbocycles. The van der Waals surface area contributed by atoms with E-state index in [1.54, 1.807) is 0 Å². The van der Waals surface area contributed by atoms with E-state index in [1.807, 2.05) is 0 Å². The molecule has 0 N–H and O–H groups in total. The second-order valence-corrected chi connectivity index (χ2v) is 9.97. The Morgan fingerprint density at radius 2 is 1.57 bits per heavy atom. The van der Waals surface area contributed by atoms with Crippen molar-refractivity contribution in [3.63, 3.8) is 0 Å². The van der Waals surface area contributed by atoms with Crippen molar-refractivity contribution in [2.45, 2.75) is 60.8 Å². The molecule has 0 saturated heterocycles. The first kappa shape index (κ1) is 18.9. The maximum atomic E-state index is 5.10. The van der Waals surface area contributed by atoms with Crippen molar-refractivity contribution in [3.8, 4) is 0 Å². The highest BCUT2D eigenvalue weighted by Crippen LogP contribution is 2.42. The van der Waals surface area contributed by atoms with Crippen LogP contribution in [0.3, 0.4) is 0 Å². The molecule has 28 heavy (non-hydrogen) atoms. The summed E-state index contributed by atoms with van der Waals surface area (Å²) in [5.74, 6) is 0.497. The van der Waals surface area contributed by atoms with Crippen molar-refractivity contribution in [1.82, 2.24) is 0 Å². The Bertz CT molecular complexity index is 1090. The van der Waals surface area contributed by atoms with E-state index in [0.717, 1.165) is 17.8 Å². The van der Waals surface area contributed by atoms with E-state index in [4.69, 9.17) is 4.99 Å². The molecule has 0 aromatic heterocycles. The van der Waals surface area contributed by atoms with Gasteiger partial charge in [0.1, 0.15) is 0 Å². The Balaban J connectivity index is 1.99. The summed E-state index contributed by atoms with van der Waals surface area (Å²) in [6, 6.07) is 16.1. The van der Waals surface area contributed by atoms with E-state index >= 15 is 0 Å². The summed E-state index contributed by atoms with van der Waals surface area (Å²) in [4.78, 5) is 5.10. The molecule has 0 aliphatic carbocycles. The molecule has 3 aromatic carbocycles. The van der Waals surface area contributed by atoms with Gasteiger partial charge in [-0.15, -0.1) is 0 Å². The minimum atomic E-state index is 0.256. The monoisotopic (exact) mass is 369 g/mol. The van der Waals surface area contributed by atoms with Crippen LogP contribution in [0.5, 0.6) is 0 Å². The fourth-order valence-electron chi connectivity index (χ4n) is 4.56. The lowest BCUT2D eigenvalue weighted by Gasteiger charge is -2.20. The van der Waals surface area contributed by atoms with Crippen LogP contribution in [0.2, 0.25) is 0 Å². The molecule has 0 spiro atoms. The lowest BCUT2D eigenvalue weighted by molar-refractivity contribution is 0.411. The summed E-state index contributed by atoms with van der Waals surface area (Å²) >= 11 is 0. The molecular formula is C27H31N. The standard InChI is InChI=1S/C27H31N/c1-16(2)21-8-9-24-25-22(21)13-19(15-27(5,6)7)14-23(25)26(28-24)20-11-17(3)10-18(4)12-20/h8-14,16H,15H2,1-7H3. The third kappa shape index (κ3) is 3.39. The summed E-state index contributed by atoms with van der Waals surface area (Å²) in [5, 5.41) is 2.71. The van der Waals surface area contributed by atoms with Gasteiger partial charge in [-0.25, -0.2) is 4.99 Å². The van der Waals surface area contributed by atoms with Crippen molar-refractivity contribution in [3.05, 3.63) is 75.8 Å². The van der Waals surface area contributed by atoms with Crippen LogP contribution >= 0.6 is 0 Å². The lowest BCUT2D eigenvalue weighted by Crippen LogP contribution is -2.10. The van der Waals surface area contributed by atoms with Gasteiger partial charge in [0.15, 0.2) is 0 Å². The van der Waals surface area contributed by atoms with Gasteiger partial charge in [0.05, 0.1) is 11.4 Å². The number of aryl methyl sites for hydroxylation is 2. The molecule has 3 aromatic rings. The zero-order chi connectivity index (χ0) is 20.2. The fourth-order valence-corrected chi connectivity index (χ4v) is 4.56. The average molecular weight is 370 g/mol. The third-order valence-corrected chi connectivity index (χ3v) is 5.53. The molecule has 1 aliphatic rings. The molecular weight excluding hydrogens is 338 g/mol. The first-order valence-corrected chi connectivity index (χ1v) is 10.4. The van der Waals surface area contributed by atoms with Crippen molar-refractivity contribution < 1.29 is 0 Å². The SMILES string of the molecule is Cc1cc(C)cc(C2=Nc3ccc(C(C)C)c4cc(CC(C)(C)C)cc2c34)c1. The van der Waals surface area contributed by atoms with Gasteiger partial charge in [0.2, 0.25) is 0 Å². The second-order valence-electron chi connectivity index (χ2n) is 9.97. The van der Waals surface area contributed by atoms with Gasteiger partial charge in [-0.2, -0.15) is 0 Å². The van der Waals surface area contributed by atoms with Crippen molar-refractivity contribution >= 4 is 22.2 Å². The second kappa shape index (κ2) is 6.58. The molecule has 144 valence electrons. The average Bonchev–Trinajstić information content (AvgIpc) is 2.92. The third-order valence-electron chi connectivity index (χ3n) is 5.53. The Hall–Kier alpha value is -2.41. The van der Waals surface area contributed by atoms with Gasteiger partial charge in [-0.3, -0.25) is 0 Å². The lowest BCUT2D eigenvalue weighted by atomic mass is 9.84. The summed E-state index contributed by atoms with van der Waals surface area (Å²) in [5.41, 5.74) is 10.5. The Kier molecular flexibility index (Phi) is 4.45. The summed E-state index contributed by atoms with van der Waals surface area (Å²) in [6.07, 6.45) is 1.07. The van der Waals surface area contributed by atoms with E-state index in [0.29, 0.717) is 5.92 Å². The quantitative estimate of drug-likeness (QED) is 0.351. The highest BCUT2D eigenvalue weighted by atomic mass is 14.8. The summed E-state index contributed by atoms with van der Waals surface area (Å²) < 4.78 is 0. The summed E-state index contributed by atoms with van der Waals surface area (Å²) in [6.45, 7) is 15.9. The van der Waals surface area contributed by atoms with Gasteiger partial charge >= 0.3 is 0 Å². The Morgan fingerprint density at radius 3 is 2.18 bits per heavy atom. The number of hydrogen-bond donors (Lipinski definition) is 0. The largest absolute Gasteiger partial charge is 0.247 e. The molecule has 1 aliphatic heterocycles. The van der Waals surface area contributed by atoms with Crippen LogP contribution in [0, 0.1) is 19.3 Å². The van der Waals surface area contributed by atoms with Gasteiger partial charge in [-0.1, -0.05) is 63.9 Å². The van der Waals surface area contributed by atoms with Crippen LogP contribution in [0.25, 0.3) is 10.8 Å². The zero-order valence-corrected chi connectivity index (χ0v) is 18.3. The molecule has 1 heterocycles. The van der Waals surface area contributed by atoms with Crippen LogP contribution < -0.4 is 0 Å². The minimum Gasteiger partial charge on any atom is -0.247 e. The Morgan fingerprint density at radius 1 is 0.893 bits per heavy atom. The van der Waals surface area contributed by atoms with Gasteiger partial charge < -0.3 is 0 Å². The Labute approximate surface area is 169 Å². The zero-order valence-electron chi connectivity index (χ0n) is 18.3. The number of aliphatic imine (C=N–C) groups is 1. The number of rotatable bonds is 3. The van der Waals surface area contributed by atoms with Crippen LogP contribution in [0.4, 0.5) is 5.69 Å². The molecule has 0 fully saturated rings. The highest BCUT2D eigenvalue weighted by Gasteiger charge is 2.24. The molecule has 0 radical (unpaired) electrons. The van der Waals surface area contributed by atoms with Crippen LogP contribution in [-0.4, -0.2) is 5.71 Å². The van der Waals surface area contributed by atoms with Crippen molar-refractivity contribution in [2.24, 2.45) is 10.4 Å². The maximum absolute atomic E-state index is 5.10. The first-order chi connectivity index (χ1) is 13.1. The predicted octanol–water partition coefficient (Wildman–Crippen LogP) is 7.65. The number of hydrogen-bond acceptors (Lipinski definition) is 1. The first-order valence-electron chi connectivity index (χ1n) is 10.4. The fraction of sp³-hybridized carbons (Fsp3) is 0.370. The number of nitrogens with zero attached hydrogens (tertiary/aromatic N) is 1.